The predicted molar refractivity (Wildman–Crippen MR) is 110 cm³/mol. The first-order chi connectivity index (χ1) is 13.5. The second-order valence-electron chi connectivity index (χ2n) is 7.03. The normalized spacial score (nSPS) is 11.5. The smallest absolute Gasteiger partial charge is 0.329 e. The van der Waals surface area contributed by atoms with Gasteiger partial charge < -0.3 is 9.88 Å². The maximum atomic E-state index is 12.3. The number of anilines is 1. The van der Waals surface area contributed by atoms with Crippen LogP contribution in [0, 0.1) is 6.92 Å². The van der Waals surface area contributed by atoms with Crippen LogP contribution in [0.25, 0.3) is 16.9 Å². The number of hydrogen-bond donors (Lipinski definition) is 2. The zero-order valence-electron chi connectivity index (χ0n) is 16.3. The van der Waals surface area contributed by atoms with Crippen molar-refractivity contribution < 1.29 is 0 Å². The molecule has 0 radical (unpaired) electrons. The molecule has 3 aromatic heterocycles. The van der Waals surface area contributed by atoms with Gasteiger partial charge in [-0.15, -0.1) is 0 Å². The molecule has 0 amide bonds. The fourth-order valence-electron chi connectivity index (χ4n) is 3.52. The summed E-state index contributed by atoms with van der Waals surface area (Å²) in [6.45, 7) is 5.73. The number of aryl methyl sites for hydroxylation is 4. The van der Waals surface area contributed by atoms with Crippen LogP contribution in [0.3, 0.4) is 0 Å². The summed E-state index contributed by atoms with van der Waals surface area (Å²) in [6, 6.07) is 8.48. The number of aromatic amines is 1. The fraction of sp³-hybridized carbons (Fsp3) is 0.350. The van der Waals surface area contributed by atoms with Crippen LogP contribution in [-0.4, -0.2) is 30.0 Å². The maximum Gasteiger partial charge on any atom is 0.329 e. The number of aromatic nitrogens is 5. The van der Waals surface area contributed by atoms with E-state index in [0.717, 1.165) is 37.3 Å². The minimum Gasteiger partial charge on any atom is -0.385 e. The molecule has 0 aliphatic rings. The summed E-state index contributed by atoms with van der Waals surface area (Å²) < 4.78 is 5.20. The molecule has 0 atom stereocenters. The van der Waals surface area contributed by atoms with Gasteiger partial charge in [-0.05, 0) is 37.5 Å². The molecule has 0 unspecified atom stereocenters. The second kappa shape index (κ2) is 7.03. The molecule has 0 aliphatic carbocycles. The third kappa shape index (κ3) is 3.00. The summed E-state index contributed by atoms with van der Waals surface area (Å²) in [4.78, 5) is 31.0. The van der Waals surface area contributed by atoms with E-state index in [0.29, 0.717) is 16.9 Å². The Bertz CT molecular complexity index is 1260. The van der Waals surface area contributed by atoms with Crippen LogP contribution in [0.15, 0.2) is 40.1 Å². The Kier molecular flexibility index (Phi) is 4.54. The summed E-state index contributed by atoms with van der Waals surface area (Å²) in [7, 11) is 1.61. The van der Waals surface area contributed by atoms with Crippen molar-refractivity contribution in [1.82, 2.24) is 23.5 Å². The van der Waals surface area contributed by atoms with E-state index in [1.54, 1.807) is 11.4 Å². The van der Waals surface area contributed by atoms with Gasteiger partial charge in [-0.3, -0.25) is 18.7 Å². The highest BCUT2D eigenvalue weighted by Crippen LogP contribution is 2.16. The Morgan fingerprint density at radius 1 is 1.18 bits per heavy atom. The van der Waals surface area contributed by atoms with Crippen molar-refractivity contribution in [1.29, 1.82) is 0 Å². The molecule has 0 saturated heterocycles. The van der Waals surface area contributed by atoms with Crippen LogP contribution >= 0.6 is 0 Å². The molecule has 0 bridgehead atoms. The van der Waals surface area contributed by atoms with Crippen molar-refractivity contribution in [3.63, 3.8) is 0 Å². The molecule has 4 rings (SSSR count). The molecule has 28 heavy (non-hydrogen) atoms. The number of fused-ring (bicyclic) bond motifs is 3. The summed E-state index contributed by atoms with van der Waals surface area (Å²) in [5.74, 6) is 0.673. The van der Waals surface area contributed by atoms with E-state index in [9.17, 15) is 9.59 Å². The van der Waals surface area contributed by atoms with Gasteiger partial charge in [0, 0.05) is 37.7 Å². The Labute approximate surface area is 161 Å². The SMILES string of the molecule is CCc1ccc(NCCCn2c(C)cn3c4c(=O)[nH]c(=O)n(C)c4nc23)cc1. The third-order valence-electron chi connectivity index (χ3n) is 5.16. The molecule has 8 heteroatoms. The van der Waals surface area contributed by atoms with Gasteiger partial charge in [0.05, 0.1) is 0 Å². The van der Waals surface area contributed by atoms with Crippen LogP contribution in [0.1, 0.15) is 24.6 Å². The van der Waals surface area contributed by atoms with Crippen LogP contribution in [-0.2, 0) is 20.0 Å². The number of rotatable bonds is 6. The molecule has 0 aliphatic heterocycles. The van der Waals surface area contributed by atoms with E-state index in [2.05, 4.69) is 51.0 Å². The quantitative estimate of drug-likeness (QED) is 0.501. The lowest BCUT2D eigenvalue weighted by molar-refractivity contribution is 0.660. The average Bonchev–Trinajstić information content (AvgIpc) is 3.19. The fourth-order valence-corrected chi connectivity index (χ4v) is 3.52. The summed E-state index contributed by atoms with van der Waals surface area (Å²) >= 11 is 0. The number of nitrogens with one attached hydrogen (secondary N) is 2. The molecule has 8 nitrogen and oxygen atoms in total. The number of imidazole rings is 2. The highest BCUT2D eigenvalue weighted by Gasteiger charge is 2.17. The van der Waals surface area contributed by atoms with E-state index < -0.39 is 11.2 Å². The standard InChI is InChI=1S/C20H24N6O2/c1-4-14-6-8-15(9-7-14)21-10-5-11-25-13(2)12-26-16-17(22-19(25)26)24(3)20(28)23-18(16)27/h6-9,12,21H,4-5,10-11H2,1-3H3,(H,23,27,28). The summed E-state index contributed by atoms with van der Waals surface area (Å²) in [5, 5.41) is 3.44. The molecule has 1 aromatic carbocycles. The van der Waals surface area contributed by atoms with Gasteiger partial charge in [0.15, 0.2) is 11.2 Å². The Morgan fingerprint density at radius 2 is 1.93 bits per heavy atom. The van der Waals surface area contributed by atoms with E-state index >= 15 is 0 Å². The molecule has 4 aromatic rings. The molecular formula is C20H24N6O2. The molecule has 2 N–H and O–H groups in total. The monoisotopic (exact) mass is 380 g/mol. The highest BCUT2D eigenvalue weighted by atomic mass is 16.2. The van der Waals surface area contributed by atoms with Gasteiger partial charge in [0.2, 0.25) is 5.78 Å². The van der Waals surface area contributed by atoms with Gasteiger partial charge in [-0.2, -0.15) is 4.98 Å². The van der Waals surface area contributed by atoms with Crippen LogP contribution < -0.4 is 16.6 Å². The second-order valence-corrected chi connectivity index (χ2v) is 7.03. The highest BCUT2D eigenvalue weighted by molar-refractivity contribution is 5.75. The van der Waals surface area contributed by atoms with Crippen molar-refractivity contribution in [2.45, 2.75) is 33.2 Å². The molecule has 0 fully saturated rings. The van der Waals surface area contributed by atoms with Crippen LogP contribution in [0.5, 0.6) is 0 Å². The number of nitrogens with zero attached hydrogens (tertiary/aromatic N) is 4. The maximum absolute atomic E-state index is 12.3. The minimum atomic E-state index is -0.459. The predicted octanol–water partition coefficient (Wildman–Crippen LogP) is 2.05. The molecule has 146 valence electrons. The average molecular weight is 380 g/mol. The first-order valence-electron chi connectivity index (χ1n) is 9.49. The third-order valence-corrected chi connectivity index (χ3v) is 5.16. The first-order valence-corrected chi connectivity index (χ1v) is 9.49. The zero-order chi connectivity index (χ0) is 19.8. The van der Waals surface area contributed by atoms with E-state index in [4.69, 9.17) is 0 Å². The lowest BCUT2D eigenvalue weighted by atomic mass is 10.1. The van der Waals surface area contributed by atoms with Gasteiger partial charge in [-0.25, -0.2) is 4.79 Å². The lowest BCUT2D eigenvalue weighted by Gasteiger charge is -2.09. The van der Waals surface area contributed by atoms with E-state index in [-0.39, 0.29) is 0 Å². The topological polar surface area (TPSA) is 89.1 Å². The number of H-pyrrole nitrogens is 1. The molecule has 0 saturated carbocycles. The summed E-state index contributed by atoms with van der Waals surface area (Å²) in [6.07, 6.45) is 3.83. The molecular weight excluding hydrogens is 356 g/mol. The van der Waals surface area contributed by atoms with Crippen molar-refractivity contribution in [3.05, 3.63) is 62.6 Å². The first kappa shape index (κ1) is 18.1. The Balaban J connectivity index is 1.55. The number of hydrogen-bond acceptors (Lipinski definition) is 4. The van der Waals surface area contributed by atoms with Gasteiger partial charge in [-0.1, -0.05) is 19.1 Å². The van der Waals surface area contributed by atoms with Crippen LogP contribution in [0.4, 0.5) is 5.69 Å². The van der Waals surface area contributed by atoms with Crippen molar-refractivity contribution in [2.24, 2.45) is 7.05 Å². The van der Waals surface area contributed by atoms with Gasteiger partial charge in [0.1, 0.15) is 0 Å². The Morgan fingerprint density at radius 3 is 2.64 bits per heavy atom. The minimum absolute atomic E-state index is 0.395. The van der Waals surface area contributed by atoms with Crippen LogP contribution in [0.2, 0.25) is 0 Å². The molecule has 0 spiro atoms. The number of benzene rings is 1. The largest absolute Gasteiger partial charge is 0.385 e. The Hall–Kier alpha value is -3.29. The van der Waals surface area contributed by atoms with Crippen molar-refractivity contribution in [2.75, 3.05) is 11.9 Å². The van der Waals surface area contributed by atoms with E-state index in [1.165, 1.54) is 10.1 Å². The van der Waals surface area contributed by atoms with Crippen molar-refractivity contribution in [3.8, 4) is 0 Å². The van der Waals surface area contributed by atoms with E-state index in [1.807, 2.05) is 13.1 Å². The lowest BCUT2D eigenvalue weighted by Crippen LogP contribution is -2.28. The summed E-state index contributed by atoms with van der Waals surface area (Å²) in [5.41, 5.74) is 3.37. The van der Waals surface area contributed by atoms with Gasteiger partial charge >= 0.3 is 5.69 Å². The zero-order valence-corrected chi connectivity index (χ0v) is 16.3. The van der Waals surface area contributed by atoms with Gasteiger partial charge in [0.25, 0.3) is 5.56 Å². The van der Waals surface area contributed by atoms with Crippen molar-refractivity contribution >= 4 is 22.6 Å². The molecule has 3 heterocycles.